The van der Waals surface area contributed by atoms with Crippen LogP contribution in [0.5, 0.6) is 0 Å². The maximum atomic E-state index is 14.2. The van der Waals surface area contributed by atoms with Gasteiger partial charge in [0.05, 0.1) is 11.7 Å². The first-order valence-corrected chi connectivity index (χ1v) is 7.07. The van der Waals surface area contributed by atoms with Gasteiger partial charge >= 0.3 is 0 Å². The highest BCUT2D eigenvalue weighted by molar-refractivity contribution is 5.95. The van der Waals surface area contributed by atoms with Crippen molar-refractivity contribution in [1.29, 1.82) is 5.41 Å². The summed E-state index contributed by atoms with van der Waals surface area (Å²) < 4.78 is 19.8. The molecule has 1 aliphatic heterocycles. The molecule has 1 aliphatic rings. The molecule has 3 N–H and O–H groups in total. The summed E-state index contributed by atoms with van der Waals surface area (Å²) in [7, 11) is 0. The number of hydrogen-bond donors (Lipinski definition) is 2. The highest BCUT2D eigenvalue weighted by atomic mass is 19.1. The maximum Gasteiger partial charge on any atom is 0.138 e. The highest BCUT2D eigenvalue weighted by Gasteiger charge is 2.20. The lowest BCUT2D eigenvalue weighted by Crippen LogP contribution is -2.36. The fourth-order valence-electron chi connectivity index (χ4n) is 2.62. The van der Waals surface area contributed by atoms with Crippen molar-refractivity contribution in [3.05, 3.63) is 35.1 Å². The van der Waals surface area contributed by atoms with E-state index < -0.39 is 0 Å². The zero-order valence-corrected chi connectivity index (χ0v) is 11.9. The Labute approximate surface area is 119 Å². The van der Waals surface area contributed by atoms with E-state index in [2.05, 4.69) is 4.90 Å². The van der Waals surface area contributed by atoms with Crippen molar-refractivity contribution in [2.24, 2.45) is 5.73 Å². The Morgan fingerprint density at radius 2 is 2.15 bits per heavy atom. The number of likely N-dealkylation sites (tertiary alicyclic amines) is 1. The molecule has 1 fully saturated rings. The van der Waals surface area contributed by atoms with E-state index in [1.54, 1.807) is 18.2 Å². The third kappa shape index (κ3) is 3.55. The second-order valence-electron chi connectivity index (χ2n) is 5.12. The van der Waals surface area contributed by atoms with E-state index in [0.29, 0.717) is 18.2 Å². The predicted octanol–water partition coefficient (Wildman–Crippen LogP) is 2.11. The molecule has 5 heteroatoms. The fourth-order valence-corrected chi connectivity index (χ4v) is 2.62. The van der Waals surface area contributed by atoms with E-state index in [-0.39, 0.29) is 17.2 Å². The zero-order valence-electron chi connectivity index (χ0n) is 11.9. The van der Waals surface area contributed by atoms with Gasteiger partial charge in [0.25, 0.3) is 0 Å². The summed E-state index contributed by atoms with van der Waals surface area (Å²) in [6.07, 6.45) is 2.31. The number of hydrogen-bond acceptors (Lipinski definition) is 3. The highest BCUT2D eigenvalue weighted by Crippen LogP contribution is 2.19. The van der Waals surface area contributed by atoms with Crippen LogP contribution in [0.4, 0.5) is 4.39 Å². The normalized spacial score (nSPS) is 17.3. The third-order valence-corrected chi connectivity index (χ3v) is 3.70. The molecule has 4 nitrogen and oxygen atoms in total. The topological polar surface area (TPSA) is 62.3 Å². The van der Waals surface area contributed by atoms with Crippen LogP contribution in [0.1, 0.15) is 30.9 Å². The van der Waals surface area contributed by atoms with Gasteiger partial charge in [0.1, 0.15) is 11.7 Å². The van der Waals surface area contributed by atoms with Crippen molar-refractivity contribution in [2.75, 3.05) is 19.7 Å². The predicted molar refractivity (Wildman–Crippen MR) is 77.3 cm³/mol. The van der Waals surface area contributed by atoms with Gasteiger partial charge in [-0.25, -0.2) is 4.39 Å². The SMILES string of the molecule is CCOC1CCN(Cc2cccc(C(=N)N)c2F)CC1. The molecule has 2 rings (SSSR count). The lowest BCUT2D eigenvalue weighted by molar-refractivity contribution is 0.0123. The standard InChI is InChI=1S/C15H22FN3O/c1-2-20-12-6-8-19(9-7-12)10-11-4-3-5-13(14(11)16)15(17)18/h3-5,12H,2,6-10H2,1H3,(H3,17,18). The van der Waals surface area contributed by atoms with Gasteiger partial charge in [0.15, 0.2) is 0 Å². The Kier molecular flexibility index (Phi) is 5.09. The lowest BCUT2D eigenvalue weighted by Gasteiger charge is -2.31. The van der Waals surface area contributed by atoms with Crippen LogP contribution >= 0.6 is 0 Å². The molecule has 0 bridgehead atoms. The Hall–Kier alpha value is -1.46. The molecule has 1 saturated heterocycles. The van der Waals surface area contributed by atoms with Crippen molar-refractivity contribution >= 4 is 5.84 Å². The number of nitrogens with zero attached hydrogens (tertiary/aromatic N) is 1. The molecule has 0 aromatic heterocycles. The first-order chi connectivity index (χ1) is 9.61. The van der Waals surface area contributed by atoms with E-state index in [0.717, 1.165) is 32.5 Å². The second-order valence-corrected chi connectivity index (χ2v) is 5.12. The van der Waals surface area contributed by atoms with Gasteiger partial charge in [0, 0.05) is 31.8 Å². The van der Waals surface area contributed by atoms with Crippen molar-refractivity contribution in [3.8, 4) is 0 Å². The number of benzene rings is 1. The molecule has 110 valence electrons. The molecule has 0 saturated carbocycles. The largest absolute Gasteiger partial charge is 0.384 e. The van der Waals surface area contributed by atoms with E-state index >= 15 is 0 Å². The number of amidine groups is 1. The Balaban J connectivity index is 1.98. The van der Waals surface area contributed by atoms with Gasteiger partial charge in [-0.2, -0.15) is 0 Å². The summed E-state index contributed by atoms with van der Waals surface area (Å²) in [5, 5.41) is 7.37. The number of ether oxygens (including phenoxy) is 1. The minimum absolute atomic E-state index is 0.187. The molecular formula is C15H22FN3O. The molecule has 20 heavy (non-hydrogen) atoms. The van der Waals surface area contributed by atoms with Crippen LogP contribution < -0.4 is 5.73 Å². The van der Waals surface area contributed by atoms with Gasteiger partial charge in [-0.1, -0.05) is 12.1 Å². The summed E-state index contributed by atoms with van der Waals surface area (Å²) in [6, 6.07) is 5.06. The van der Waals surface area contributed by atoms with Crippen molar-refractivity contribution in [3.63, 3.8) is 0 Å². The number of piperidine rings is 1. The summed E-state index contributed by atoms with van der Waals surface area (Å²) in [4.78, 5) is 2.22. The maximum absolute atomic E-state index is 14.2. The van der Waals surface area contributed by atoms with Crippen molar-refractivity contribution < 1.29 is 9.13 Å². The fraction of sp³-hybridized carbons (Fsp3) is 0.533. The summed E-state index contributed by atoms with van der Waals surface area (Å²) in [6.45, 7) is 5.14. The van der Waals surface area contributed by atoms with Gasteiger partial charge in [-0.05, 0) is 25.8 Å². The molecule has 0 spiro atoms. The first kappa shape index (κ1) is 14.9. The van der Waals surface area contributed by atoms with Crippen LogP contribution in [-0.4, -0.2) is 36.5 Å². The van der Waals surface area contributed by atoms with Gasteiger partial charge < -0.3 is 10.5 Å². The zero-order chi connectivity index (χ0) is 14.5. The van der Waals surface area contributed by atoms with Crippen LogP contribution in [0, 0.1) is 11.2 Å². The lowest BCUT2D eigenvalue weighted by atomic mass is 10.0. The molecule has 1 aromatic carbocycles. The number of nitrogen functional groups attached to an aromatic ring is 1. The van der Waals surface area contributed by atoms with Crippen molar-refractivity contribution in [2.45, 2.75) is 32.4 Å². The number of halogens is 1. The average molecular weight is 279 g/mol. The Morgan fingerprint density at radius 1 is 1.45 bits per heavy atom. The van der Waals surface area contributed by atoms with Gasteiger partial charge in [-0.3, -0.25) is 10.3 Å². The van der Waals surface area contributed by atoms with E-state index in [4.69, 9.17) is 15.9 Å². The summed E-state index contributed by atoms with van der Waals surface area (Å²) in [5.41, 5.74) is 6.17. The minimum Gasteiger partial charge on any atom is -0.384 e. The van der Waals surface area contributed by atoms with Crippen LogP contribution in [0.25, 0.3) is 0 Å². The summed E-state index contributed by atoms with van der Waals surface area (Å²) >= 11 is 0. The smallest absolute Gasteiger partial charge is 0.138 e. The van der Waals surface area contributed by atoms with Crippen molar-refractivity contribution in [1.82, 2.24) is 4.90 Å². The van der Waals surface area contributed by atoms with Crippen LogP contribution in [-0.2, 0) is 11.3 Å². The number of nitrogens with two attached hydrogens (primary N) is 1. The molecule has 1 heterocycles. The van der Waals surface area contributed by atoms with Crippen LogP contribution in [0.15, 0.2) is 18.2 Å². The van der Waals surface area contributed by atoms with E-state index in [9.17, 15) is 4.39 Å². The third-order valence-electron chi connectivity index (χ3n) is 3.70. The second kappa shape index (κ2) is 6.81. The Bertz CT molecular complexity index is 470. The summed E-state index contributed by atoms with van der Waals surface area (Å²) in [5.74, 6) is -0.591. The average Bonchev–Trinajstić information content (AvgIpc) is 2.43. The molecule has 0 aliphatic carbocycles. The quantitative estimate of drug-likeness (QED) is 0.641. The Morgan fingerprint density at radius 3 is 2.75 bits per heavy atom. The van der Waals surface area contributed by atoms with Gasteiger partial charge in [0.2, 0.25) is 0 Å². The minimum atomic E-state index is -0.369. The molecular weight excluding hydrogens is 257 g/mol. The monoisotopic (exact) mass is 279 g/mol. The molecule has 1 aromatic rings. The first-order valence-electron chi connectivity index (χ1n) is 7.07. The molecule has 0 amide bonds. The van der Waals surface area contributed by atoms with E-state index in [1.165, 1.54) is 0 Å². The number of rotatable bonds is 5. The molecule has 0 atom stereocenters. The van der Waals surface area contributed by atoms with Gasteiger partial charge in [-0.15, -0.1) is 0 Å². The molecule has 0 radical (unpaired) electrons. The number of nitrogens with one attached hydrogen (secondary N) is 1. The van der Waals surface area contributed by atoms with Crippen LogP contribution in [0.3, 0.4) is 0 Å². The molecule has 0 unspecified atom stereocenters. The van der Waals surface area contributed by atoms with Crippen LogP contribution in [0.2, 0.25) is 0 Å². The van der Waals surface area contributed by atoms with E-state index in [1.807, 2.05) is 6.92 Å².